The monoisotopic (exact) mass is 414 g/mol. The van der Waals surface area contributed by atoms with Gasteiger partial charge in [-0.15, -0.1) is 0 Å². The number of nitrogens with one attached hydrogen (secondary N) is 1. The number of hydrogen-bond donors (Lipinski definition) is 1. The van der Waals surface area contributed by atoms with Gasteiger partial charge in [-0.05, 0) is 36.6 Å². The SMILES string of the molecule is Cc1ccc(OC(=O)NC(Cc2ccccc2)C2CC(Cc3ccccc3)=NO2)cc1. The van der Waals surface area contributed by atoms with Gasteiger partial charge in [-0.1, -0.05) is 83.5 Å². The first kappa shape index (κ1) is 20.7. The summed E-state index contributed by atoms with van der Waals surface area (Å²) >= 11 is 0. The molecule has 1 heterocycles. The van der Waals surface area contributed by atoms with E-state index in [-0.39, 0.29) is 12.1 Å². The highest BCUT2D eigenvalue weighted by molar-refractivity contribution is 5.87. The first-order valence-electron chi connectivity index (χ1n) is 10.5. The number of hydrogen-bond acceptors (Lipinski definition) is 4. The average Bonchev–Trinajstić information content (AvgIpc) is 3.25. The summed E-state index contributed by atoms with van der Waals surface area (Å²) in [6.07, 6.45) is 1.29. The van der Waals surface area contributed by atoms with E-state index in [1.54, 1.807) is 12.1 Å². The van der Waals surface area contributed by atoms with Gasteiger partial charge in [0, 0.05) is 12.8 Å². The van der Waals surface area contributed by atoms with Crippen molar-refractivity contribution in [1.82, 2.24) is 5.32 Å². The van der Waals surface area contributed by atoms with E-state index in [2.05, 4.69) is 22.6 Å². The molecule has 1 N–H and O–H groups in total. The highest BCUT2D eigenvalue weighted by atomic mass is 16.6. The highest BCUT2D eigenvalue weighted by Crippen LogP contribution is 2.20. The minimum atomic E-state index is -0.495. The number of carbonyl (C=O) groups is 1. The van der Waals surface area contributed by atoms with Crippen LogP contribution in [0, 0.1) is 6.92 Å². The maximum absolute atomic E-state index is 12.6. The predicted octanol–water partition coefficient (Wildman–Crippen LogP) is 5.08. The summed E-state index contributed by atoms with van der Waals surface area (Å²) in [5.74, 6) is 0.509. The summed E-state index contributed by atoms with van der Waals surface area (Å²) in [6, 6.07) is 27.4. The molecule has 5 heteroatoms. The van der Waals surface area contributed by atoms with Gasteiger partial charge in [-0.2, -0.15) is 0 Å². The zero-order valence-corrected chi connectivity index (χ0v) is 17.5. The Kier molecular flexibility index (Phi) is 6.62. The lowest BCUT2D eigenvalue weighted by Crippen LogP contribution is -2.46. The van der Waals surface area contributed by atoms with Crippen molar-refractivity contribution in [3.8, 4) is 5.75 Å². The third kappa shape index (κ3) is 5.95. The molecule has 31 heavy (non-hydrogen) atoms. The molecular weight excluding hydrogens is 388 g/mol. The van der Waals surface area contributed by atoms with Gasteiger partial charge >= 0.3 is 6.09 Å². The van der Waals surface area contributed by atoms with Gasteiger partial charge in [0.25, 0.3) is 0 Å². The van der Waals surface area contributed by atoms with Gasteiger partial charge in [0.05, 0.1) is 11.8 Å². The first-order valence-corrected chi connectivity index (χ1v) is 10.5. The fraction of sp³-hybridized carbons (Fsp3) is 0.231. The number of ether oxygens (including phenoxy) is 1. The molecule has 2 unspecified atom stereocenters. The van der Waals surface area contributed by atoms with Crippen LogP contribution in [-0.2, 0) is 17.7 Å². The van der Waals surface area contributed by atoms with Crippen molar-refractivity contribution in [3.63, 3.8) is 0 Å². The van der Waals surface area contributed by atoms with Crippen molar-refractivity contribution in [2.45, 2.75) is 38.3 Å². The molecule has 158 valence electrons. The molecule has 1 aliphatic heterocycles. The van der Waals surface area contributed by atoms with E-state index in [1.807, 2.05) is 67.6 Å². The second-order valence-electron chi connectivity index (χ2n) is 7.81. The molecular formula is C26H26N2O3. The Morgan fingerprint density at radius 2 is 1.65 bits per heavy atom. The smallest absolute Gasteiger partial charge is 0.410 e. The number of amides is 1. The van der Waals surface area contributed by atoms with Crippen LogP contribution in [0.2, 0.25) is 0 Å². The van der Waals surface area contributed by atoms with Crippen LogP contribution in [0.25, 0.3) is 0 Å². The van der Waals surface area contributed by atoms with Gasteiger partial charge in [-0.25, -0.2) is 4.79 Å². The molecule has 1 aliphatic rings. The molecule has 4 rings (SSSR count). The van der Waals surface area contributed by atoms with Crippen LogP contribution >= 0.6 is 0 Å². The Labute approximate surface area is 182 Å². The normalized spacial score (nSPS) is 16.2. The molecule has 0 spiro atoms. The molecule has 2 atom stereocenters. The van der Waals surface area contributed by atoms with E-state index in [1.165, 1.54) is 5.56 Å². The molecule has 5 nitrogen and oxygen atoms in total. The zero-order valence-electron chi connectivity index (χ0n) is 17.5. The summed E-state index contributed by atoms with van der Waals surface area (Å²) in [5.41, 5.74) is 4.39. The number of aryl methyl sites for hydroxylation is 1. The van der Waals surface area contributed by atoms with Gasteiger partial charge in [0.1, 0.15) is 5.75 Å². The maximum atomic E-state index is 12.6. The lowest BCUT2D eigenvalue weighted by molar-refractivity contribution is 0.0555. The molecule has 0 saturated carbocycles. The molecule has 0 radical (unpaired) electrons. The summed E-state index contributed by atoms with van der Waals surface area (Å²) in [7, 11) is 0. The second-order valence-corrected chi connectivity index (χ2v) is 7.81. The molecule has 0 aliphatic carbocycles. The van der Waals surface area contributed by atoms with Crippen LogP contribution in [0.5, 0.6) is 5.75 Å². The van der Waals surface area contributed by atoms with Crippen LogP contribution in [0.3, 0.4) is 0 Å². The van der Waals surface area contributed by atoms with Gasteiger partial charge in [0.15, 0.2) is 6.10 Å². The topological polar surface area (TPSA) is 59.9 Å². The molecule has 3 aromatic rings. The summed E-state index contributed by atoms with van der Waals surface area (Å²) in [4.78, 5) is 18.4. The first-order chi connectivity index (χ1) is 15.2. The molecule has 0 bridgehead atoms. The average molecular weight is 415 g/mol. The lowest BCUT2D eigenvalue weighted by Gasteiger charge is -2.23. The van der Waals surface area contributed by atoms with E-state index >= 15 is 0 Å². The number of benzene rings is 3. The van der Waals surface area contributed by atoms with Crippen LogP contribution in [-0.4, -0.2) is 24.0 Å². The third-order valence-electron chi connectivity index (χ3n) is 5.29. The fourth-order valence-electron chi connectivity index (χ4n) is 3.64. The van der Waals surface area contributed by atoms with Gasteiger partial charge in [-0.3, -0.25) is 0 Å². The van der Waals surface area contributed by atoms with E-state index in [9.17, 15) is 4.79 Å². The number of rotatable bonds is 7. The number of nitrogens with zero attached hydrogens (tertiary/aromatic N) is 1. The van der Waals surface area contributed by atoms with Crippen LogP contribution in [0.4, 0.5) is 4.79 Å². The van der Waals surface area contributed by atoms with Crippen molar-refractivity contribution >= 4 is 11.8 Å². The van der Waals surface area contributed by atoms with Crippen LogP contribution < -0.4 is 10.1 Å². The van der Waals surface area contributed by atoms with E-state index in [4.69, 9.17) is 9.57 Å². The highest BCUT2D eigenvalue weighted by Gasteiger charge is 2.31. The summed E-state index contributed by atoms with van der Waals surface area (Å²) < 4.78 is 5.48. The second kappa shape index (κ2) is 9.94. The number of carbonyl (C=O) groups excluding carboxylic acids is 1. The summed E-state index contributed by atoms with van der Waals surface area (Å²) in [6.45, 7) is 1.99. The van der Waals surface area contributed by atoms with Crippen molar-refractivity contribution in [2.24, 2.45) is 5.16 Å². The largest absolute Gasteiger partial charge is 0.412 e. The van der Waals surface area contributed by atoms with Crippen LogP contribution in [0.15, 0.2) is 90.1 Å². The Morgan fingerprint density at radius 3 is 2.32 bits per heavy atom. The van der Waals surface area contributed by atoms with Gasteiger partial charge in [0.2, 0.25) is 0 Å². The Bertz CT molecular complexity index is 1020. The molecule has 0 fully saturated rings. The van der Waals surface area contributed by atoms with E-state index in [0.717, 1.165) is 23.3 Å². The van der Waals surface area contributed by atoms with Gasteiger partial charge < -0.3 is 14.9 Å². The Morgan fingerprint density at radius 1 is 1.00 bits per heavy atom. The summed E-state index contributed by atoms with van der Waals surface area (Å²) in [5, 5.41) is 7.30. The van der Waals surface area contributed by atoms with Crippen molar-refractivity contribution < 1.29 is 14.4 Å². The predicted molar refractivity (Wildman–Crippen MR) is 121 cm³/mol. The van der Waals surface area contributed by atoms with Crippen molar-refractivity contribution in [3.05, 3.63) is 102 Å². The maximum Gasteiger partial charge on any atom is 0.412 e. The van der Waals surface area contributed by atoms with E-state index in [0.29, 0.717) is 18.6 Å². The van der Waals surface area contributed by atoms with Crippen molar-refractivity contribution in [1.29, 1.82) is 0 Å². The molecule has 0 aromatic heterocycles. The Hall–Kier alpha value is -3.60. The minimum absolute atomic E-state index is 0.246. The lowest BCUT2D eigenvalue weighted by atomic mass is 9.96. The quantitative estimate of drug-likeness (QED) is 0.586. The minimum Gasteiger partial charge on any atom is -0.410 e. The molecule has 1 amide bonds. The number of oxime groups is 1. The standard InChI is InChI=1S/C26H26N2O3/c1-19-12-14-23(15-13-19)30-26(29)27-24(17-21-10-6-3-7-11-21)25-18-22(28-31-25)16-20-8-4-2-5-9-20/h2-15,24-25H,16-18H2,1H3,(H,27,29). The zero-order chi connectivity index (χ0) is 21.5. The fourth-order valence-corrected chi connectivity index (χ4v) is 3.64. The Balaban J connectivity index is 1.42. The van der Waals surface area contributed by atoms with E-state index < -0.39 is 6.09 Å². The van der Waals surface area contributed by atoms with Crippen molar-refractivity contribution in [2.75, 3.05) is 0 Å². The molecule has 3 aromatic carbocycles. The molecule has 0 saturated heterocycles. The third-order valence-corrected chi connectivity index (χ3v) is 5.29. The van der Waals surface area contributed by atoms with Crippen LogP contribution in [0.1, 0.15) is 23.1 Å².